The van der Waals surface area contributed by atoms with Crippen molar-refractivity contribution >= 4 is 11.6 Å². The van der Waals surface area contributed by atoms with Crippen LogP contribution in [0.2, 0.25) is 0 Å². The predicted molar refractivity (Wildman–Crippen MR) is 68.9 cm³/mol. The van der Waals surface area contributed by atoms with Crippen molar-refractivity contribution in [2.24, 2.45) is 11.0 Å². The topological polar surface area (TPSA) is 41.5 Å². The van der Waals surface area contributed by atoms with Gasteiger partial charge in [0.15, 0.2) is 0 Å². The van der Waals surface area contributed by atoms with Gasteiger partial charge in [-0.05, 0) is 37.3 Å². The Kier molecular flexibility index (Phi) is 4.07. The molecule has 0 spiro atoms. The fourth-order valence-electron chi connectivity index (χ4n) is 2.16. The van der Waals surface area contributed by atoms with Crippen LogP contribution in [0, 0.1) is 11.7 Å². The van der Waals surface area contributed by atoms with E-state index in [2.05, 4.69) is 17.5 Å². The number of nitrogens with one attached hydrogen (secondary N) is 1. The number of hydrogen-bond acceptors (Lipinski definition) is 2. The van der Waals surface area contributed by atoms with Crippen molar-refractivity contribution in [2.75, 3.05) is 0 Å². The van der Waals surface area contributed by atoms with Crippen LogP contribution in [0.1, 0.15) is 43.0 Å². The van der Waals surface area contributed by atoms with Gasteiger partial charge in [-0.3, -0.25) is 4.79 Å². The van der Waals surface area contributed by atoms with Gasteiger partial charge in [-0.15, -0.1) is 0 Å². The first-order valence-corrected chi connectivity index (χ1v) is 6.30. The molecule has 0 radical (unpaired) electrons. The Bertz CT molecular complexity index is 471. The Morgan fingerprint density at radius 2 is 2.17 bits per heavy atom. The van der Waals surface area contributed by atoms with Gasteiger partial charge < -0.3 is 0 Å². The first-order chi connectivity index (χ1) is 8.68. The molecule has 1 atom stereocenters. The SMILES string of the molecule is CC1CCCC/C1=N\NC(=O)c1ccccc1F. The molecule has 1 aromatic carbocycles. The molecule has 4 heteroatoms. The lowest BCUT2D eigenvalue weighted by atomic mass is 9.89. The minimum atomic E-state index is -0.521. The van der Waals surface area contributed by atoms with E-state index in [4.69, 9.17) is 0 Å². The highest BCUT2D eigenvalue weighted by Crippen LogP contribution is 2.20. The maximum atomic E-state index is 13.4. The number of halogens is 1. The molecule has 1 amide bonds. The highest BCUT2D eigenvalue weighted by atomic mass is 19.1. The van der Waals surface area contributed by atoms with Gasteiger partial charge in [0.2, 0.25) is 0 Å². The molecule has 18 heavy (non-hydrogen) atoms. The number of nitrogens with zero attached hydrogens (tertiary/aromatic N) is 1. The molecule has 2 rings (SSSR count). The van der Waals surface area contributed by atoms with Gasteiger partial charge in [0.1, 0.15) is 5.82 Å². The standard InChI is InChI=1S/C14H17FN2O/c1-10-6-2-5-9-13(10)16-17-14(18)11-7-3-4-8-12(11)15/h3-4,7-8,10H,2,5-6,9H2,1H3,(H,17,18)/b16-13+. The highest BCUT2D eigenvalue weighted by molar-refractivity contribution is 5.96. The average Bonchev–Trinajstić information content (AvgIpc) is 2.38. The van der Waals surface area contributed by atoms with Crippen LogP contribution in [0.5, 0.6) is 0 Å². The van der Waals surface area contributed by atoms with E-state index < -0.39 is 11.7 Å². The summed E-state index contributed by atoms with van der Waals surface area (Å²) in [5, 5.41) is 4.13. The molecule has 0 aliphatic heterocycles. The van der Waals surface area contributed by atoms with Gasteiger partial charge >= 0.3 is 0 Å². The number of hydrazone groups is 1. The molecule has 1 N–H and O–H groups in total. The number of carbonyl (C=O) groups is 1. The maximum Gasteiger partial charge on any atom is 0.274 e. The first-order valence-electron chi connectivity index (χ1n) is 6.30. The van der Waals surface area contributed by atoms with Crippen LogP contribution >= 0.6 is 0 Å². The Morgan fingerprint density at radius 1 is 1.39 bits per heavy atom. The zero-order valence-corrected chi connectivity index (χ0v) is 10.4. The van der Waals surface area contributed by atoms with Crippen molar-refractivity contribution in [3.05, 3.63) is 35.6 Å². The summed E-state index contributed by atoms with van der Waals surface area (Å²) in [5.74, 6) is -0.607. The van der Waals surface area contributed by atoms with Crippen molar-refractivity contribution in [1.29, 1.82) is 0 Å². The van der Waals surface area contributed by atoms with Crippen molar-refractivity contribution < 1.29 is 9.18 Å². The lowest BCUT2D eigenvalue weighted by Crippen LogP contribution is -2.24. The zero-order valence-electron chi connectivity index (χ0n) is 10.4. The molecule has 1 aromatic rings. The number of carbonyl (C=O) groups excluding carboxylic acids is 1. The molecule has 0 bridgehead atoms. The Morgan fingerprint density at radius 3 is 2.89 bits per heavy atom. The molecule has 0 saturated heterocycles. The quantitative estimate of drug-likeness (QED) is 0.803. The summed E-state index contributed by atoms with van der Waals surface area (Å²) in [6.07, 6.45) is 4.34. The third-order valence-corrected chi connectivity index (χ3v) is 3.31. The minimum absolute atomic E-state index is 0.0327. The molecule has 0 aromatic heterocycles. The number of benzene rings is 1. The van der Waals surface area contributed by atoms with Gasteiger partial charge in [-0.1, -0.05) is 25.5 Å². The second-order valence-electron chi connectivity index (χ2n) is 4.67. The second-order valence-corrected chi connectivity index (χ2v) is 4.67. The van der Waals surface area contributed by atoms with E-state index in [1.807, 2.05) is 0 Å². The van der Waals surface area contributed by atoms with Crippen LogP contribution in [0.25, 0.3) is 0 Å². The molecule has 1 aliphatic carbocycles. The van der Waals surface area contributed by atoms with E-state index in [0.717, 1.165) is 25.0 Å². The van der Waals surface area contributed by atoms with Crippen molar-refractivity contribution in [1.82, 2.24) is 5.43 Å². The van der Waals surface area contributed by atoms with Gasteiger partial charge in [-0.25, -0.2) is 9.82 Å². The molecule has 3 nitrogen and oxygen atoms in total. The smallest absolute Gasteiger partial charge is 0.267 e. The van der Waals surface area contributed by atoms with Gasteiger partial charge in [0, 0.05) is 5.71 Å². The number of hydrogen-bond donors (Lipinski definition) is 1. The minimum Gasteiger partial charge on any atom is -0.267 e. The van der Waals surface area contributed by atoms with E-state index in [-0.39, 0.29) is 5.56 Å². The third-order valence-electron chi connectivity index (χ3n) is 3.31. The zero-order chi connectivity index (χ0) is 13.0. The Labute approximate surface area is 106 Å². The van der Waals surface area contributed by atoms with Crippen molar-refractivity contribution in [2.45, 2.75) is 32.6 Å². The van der Waals surface area contributed by atoms with Gasteiger partial charge in [0.25, 0.3) is 5.91 Å². The summed E-state index contributed by atoms with van der Waals surface area (Å²) in [5.41, 5.74) is 3.49. The summed E-state index contributed by atoms with van der Waals surface area (Å²) in [7, 11) is 0. The Balaban J connectivity index is 2.04. The van der Waals surface area contributed by atoms with Crippen LogP contribution < -0.4 is 5.43 Å². The van der Waals surface area contributed by atoms with E-state index >= 15 is 0 Å². The second kappa shape index (κ2) is 5.76. The van der Waals surface area contributed by atoms with Crippen LogP contribution in [-0.2, 0) is 0 Å². The van der Waals surface area contributed by atoms with E-state index in [1.54, 1.807) is 12.1 Å². The highest BCUT2D eigenvalue weighted by Gasteiger charge is 2.16. The molecule has 1 fully saturated rings. The van der Waals surface area contributed by atoms with E-state index in [9.17, 15) is 9.18 Å². The van der Waals surface area contributed by atoms with Crippen LogP contribution in [0.4, 0.5) is 4.39 Å². The lowest BCUT2D eigenvalue weighted by molar-refractivity contribution is 0.0950. The molecule has 1 unspecified atom stereocenters. The van der Waals surface area contributed by atoms with Crippen molar-refractivity contribution in [3.63, 3.8) is 0 Å². The van der Waals surface area contributed by atoms with Gasteiger partial charge in [0.05, 0.1) is 5.56 Å². The molecule has 96 valence electrons. The lowest BCUT2D eigenvalue weighted by Gasteiger charge is -2.19. The summed E-state index contributed by atoms with van der Waals surface area (Å²) in [4.78, 5) is 11.8. The average molecular weight is 248 g/mol. The Hall–Kier alpha value is -1.71. The van der Waals surface area contributed by atoms with Gasteiger partial charge in [-0.2, -0.15) is 5.10 Å². The molecule has 1 aliphatic rings. The van der Waals surface area contributed by atoms with Crippen LogP contribution in [0.15, 0.2) is 29.4 Å². The largest absolute Gasteiger partial charge is 0.274 e. The van der Waals surface area contributed by atoms with Crippen LogP contribution in [-0.4, -0.2) is 11.6 Å². The van der Waals surface area contributed by atoms with E-state index in [1.165, 1.54) is 18.6 Å². The fourth-order valence-corrected chi connectivity index (χ4v) is 2.16. The number of amides is 1. The third kappa shape index (κ3) is 2.94. The summed E-state index contributed by atoms with van der Waals surface area (Å²) >= 11 is 0. The summed E-state index contributed by atoms with van der Waals surface area (Å²) in [6, 6.07) is 5.91. The number of rotatable bonds is 2. The molecule has 0 heterocycles. The summed E-state index contributed by atoms with van der Waals surface area (Å²) < 4.78 is 13.4. The summed E-state index contributed by atoms with van der Waals surface area (Å²) in [6.45, 7) is 2.10. The molecular formula is C14H17FN2O. The molecule has 1 saturated carbocycles. The van der Waals surface area contributed by atoms with E-state index in [0.29, 0.717) is 5.92 Å². The van der Waals surface area contributed by atoms with Crippen LogP contribution in [0.3, 0.4) is 0 Å². The predicted octanol–water partition coefficient (Wildman–Crippen LogP) is 3.12. The normalized spacial score (nSPS) is 21.9. The fraction of sp³-hybridized carbons (Fsp3) is 0.429. The molecular weight excluding hydrogens is 231 g/mol. The monoisotopic (exact) mass is 248 g/mol. The maximum absolute atomic E-state index is 13.4. The van der Waals surface area contributed by atoms with Crippen molar-refractivity contribution in [3.8, 4) is 0 Å². The first kappa shape index (κ1) is 12.7.